The average Bonchev–Trinajstić information content (AvgIpc) is 2.98. The van der Waals surface area contributed by atoms with E-state index in [9.17, 15) is 4.79 Å². The number of hydrogen-bond donors (Lipinski definition) is 2. The number of aromatic nitrogens is 3. The molecule has 0 radical (unpaired) electrons. The van der Waals surface area contributed by atoms with Crippen LogP contribution >= 0.6 is 12.2 Å². The van der Waals surface area contributed by atoms with Crippen molar-refractivity contribution in [3.8, 4) is 11.4 Å². The van der Waals surface area contributed by atoms with E-state index in [4.69, 9.17) is 12.2 Å². The molecule has 0 spiro atoms. The van der Waals surface area contributed by atoms with Gasteiger partial charge in [0.25, 0.3) is 0 Å². The van der Waals surface area contributed by atoms with Crippen LogP contribution in [0.1, 0.15) is 31.7 Å². The van der Waals surface area contributed by atoms with Gasteiger partial charge in [0.1, 0.15) is 6.54 Å². The minimum Gasteiger partial charge on any atom is -0.353 e. The predicted molar refractivity (Wildman–Crippen MR) is 105 cm³/mol. The number of amides is 1. The van der Waals surface area contributed by atoms with Gasteiger partial charge in [-0.1, -0.05) is 36.2 Å². The first kappa shape index (κ1) is 18.8. The van der Waals surface area contributed by atoms with Crippen molar-refractivity contribution in [1.82, 2.24) is 25.0 Å². The molecule has 3 rings (SSSR count). The number of aryl methyl sites for hydroxylation is 1. The number of rotatable bonds is 6. The van der Waals surface area contributed by atoms with Crippen molar-refractivity contribution >= 4 is 18.1 Å². The summed E-state index contributed by atoms with van der Waals surface area (Å²) in [6, 6.07) is 8.64. The van der Waals surface area contributed by atoms with Gasteiger partial charge in [0.05, 0.1) is 0 Å². The molecule has 1 atom stereocenters. The van der Waals surface area contributed by atoms with Crippen LogP contribution < -0.4 is 5.32 Å². The van der Waals surface area contributed by atoms with Gasteiger partial charge < -0.3 is 5.32 Å². The second-order valence-corrected chi connectivity index (χ2v) is 7.42. The van der Waals surface area contributed by atoms with Crippen molar-refractivity contribution in [3.05, 3.63) is 34.6 Å². The summed E-state index contributed by atoms with van der Waals surface area (Å²) in [6.07, 6.45) is 3.81. The monoisotopic (exact) mass is 373 g/mol. The van der Waals surface area contributed by atoms with Gasteiger partial charge >= 0.3 is 0 Å². The summed E-state index contributed by atoms with van der Waals surface area (Å²) in [5, 5.41) is 10.1. The molecule has 1 fully saturated rings. The zero-order valence-electron chi connectivity index (χ0n) is 15.5. The summed E-state index contributed by atoms with van der Waals surface area (Å²) >= 11 is 5.30. The molecule has 140 valence electrons. The van der Waals surface area contributed by atoms with Gasteiger partial charge in [-0.3, -0.25) is 19.4 Å². The minimum atomic E-state index is -0.0412. The lowest BCUT2D eigenvalue weighted by Crippen LogP contribution is -2.42. The Morgan fingerprint density at radius 1 is 1.35 bits per heavy atom. The molecule has 0 aliphatic carbocycles. The molecular weight excluding hydrogens is 346 g/mol. The third-order valence-electron chi connectivity index (χ3n) is 5.03. The molecule has 2 N–H and O–H groups in total. The smallest absolute Gasteiger partial charge is 0.240 e. The summed E-state index contributed by atoms with van der Waals surface area (Å²) in [6.45, 7) is 7.16. The molecule has 0 bridgehead atoms. The number of hydrogen-bond acceptors (Lipinski definition) is 4. The fourth-order valence-corrected chi connectivity index (χ4v) is 3.61. The molecule has 1 aliphatic heterocycles. The molecule has 6 nitrogen and oxygen atoms in total. The molecule has 1 aliphatic rings. The van der Waals surface area contributed by atoms with Gasteiger partial charge in [0, 0.05) is 24.7 Å². The Bertz CT molecular complexity index is 795. The molecule has 1 amide bonds. The van der Waals surface area contributed by atoms with Crippen molar-refractivity contribution in [1.29, 1.82) is 0 Å². The number of nitrogens with zero attached hydrogens (tertiary/aromatic N) is 3. The summed E-state index contributed by atoms with van der Waals surface area (Å²) < 4.78 is 2.21. The zero-order valence-corrected chi connectivity index (χ0v) is 16.3. The second-order valence-electron chi connectivity index (χ2n) is 7.04. The third kappa shape index (κ3) is 4.59. The predicted octanol–water partition coefficient (Wildman–Crippen LogP) is 2.91. The zero-order chi connectivity index (χ0) is 18.5. The van der Waals surface area contributed by atoms with Crippen molar-refractivity contribution in [2.75, 3.05) is 19.6 Å². The largest absolute Gasteiger partial charge is 0.353 e. The highest BCUT2D eigenvalue weighted by Gasteiger charge is 2.18. The molecule has 1 aromatic heterocycles. The number of nitrogens with one attached hydrogen (secondary N) is 2. The lowest BCUT2D eigenvalue weighted by atomic mass is 10.0. The van der Waals surface area contributed by atoms with Gasteiger partial charge in [0.2, 0.25) is 5.91 Å². The Balaban J connectivity index is 1.58. The van der Waals surface area contributed by atoms with E-state index >= 15 is 0 Å². The highest BCUT2D eigenvalue weighted by molar-refractivity contribution is 7.71. The number of carbonyl (C=O) groups excluding carboxylic acids is 1. The van der Waals surface area contributed by atoms with Crippen molar-refractivity contribution in [3.63, 3.8) is 0 Å². The molecule has 1 aromatic carbocycles. The molecule has 26 heavy (non-hydrogen) atoms. The van der Waals surface area contributed by atoms with E-state index in [1.54, 1.807) is 4.57 Å². The van der Waals surface area contributed by atoms with E-state index in [1.165, 1.54) is 24.8 Å². The summed E-state index contributed by atoms with van der Waals surface area (Å²) in [5.74, 6) is 0.648. The van der Waals surface area contributed by atoms with Crippen LogP contribution in [0.4, 0.5) is 0 Å². The van der Waals surface area contributed by atoms with Crippen LogP contribution in [0.25, 0.3) is 11.4 Å². The van der Waals surface area contributed by atoms with E-state index in [2.05, 4.69) is 27.3 Å². The Hall–Kier alpha value is -1.99. The first-order chi connectivity index (χ1) is 12.5. The Labute approximate surface area is 159 Å². The Morgan fingerprint density at radius 3 is 2.85 bits per heavy atom. The van der Waals surface area contributed by atoms with E-state index < -0.39 is 0 Å². The molecule has 2 heterocycles. The van der Waals surface area contributed by atoms with Crippen LogP contribution in [0.5, 0.6) is 0 Å². The van der Waals surface area contributed by atoms with Crippen molar-refractivity contribution < 1.29 is 4.79 Å². The maximum Gasteiger partial charge on any atom is 0.240 e. The molecule has 0 saturated carbocycles. The average molecular weight is 374 g/mol. The van der Waals surface area contributed by atoms with Gasteiger partial charge in [-0.2, -0.15) is 5.10 Å². The molecule has 7 heteroatoms. The third-order valence-corrected chi connectivity index (χ3v) is 5.34. The highest BCUT2D eigenvalue weighted by atomic mass is 32.1. The maximum atomic E-state index is 12.4. The maximum absolute atomic E-state index is 12.4. The Morgan fingerprint density at radius 2 is 2.12 bits per heavy atom. The lowest BCUT2D eigenvalue weighted by Gasteiger charge is -2.33. The quantitative estimate of drug-likeness (QED) is 0.764. The van der Waals surface area contributed by atoms with Gasteiger partial charge in [-0.25, -0.2) is 0 Å². The van der Waals surface area contributed by atoms with Crippen LogP contribution in [0.2, 0.25) is 0 Å². The van der Waals surface area contributed by atoms with Crippen LogP contribution in [0, 0.1) is 11.7 Å². The topological polar surface area (TPSA) is 66.0 Å². The number of piperidine rings is 1. The number of likely N-dealkylation sites (tertiary alicyclic amines) is 1. The fraction of sp³-hybridized carbons (Fsp3) is 0.526. The minimum absolute atomic E-state index is 0.0412. The number of aromatic amines is 1. The van der Waals surface area contributed by atoms with E-state index in [0.29, 0.717) is 23.2 Å². The summed E-state index contributed by atoms with van der Waals surface area (Å²) in [4.78, 5) is 14.8. The normalized spacial score (nSPS) is 18.0. The van der Waals surface area contributed by atoms with Crippen LogP contribution in [0.3, 0.4) is 0 Å². The standard InChI is InChI=1S/C19H27N5OS/c1-14-6-8-16(9-7-14)18-21-22-19(26)24(18)13-17(25)20-10-12-23-11-4-3-5-15(23)2/h6-9,15H,3-5,10-13H2,1-2H3,(H,20,25)(H,22,26). The van der Waals surface area contributed by atoms with E-state index in [-0.39, 0.29) is 12.5 Å². The fourth-order valence-electron chi connectivity index (χ4n) is 3.42. The van der Waals surface area contributed by atoms with Crippen molar-refractivity contribution in [2.45, 2.75) is 45.7 Å². The summed E-state index contributed by atoms with van der Waals surface area (Å²) in [7, 11) is 0. The molecule has 1 unspecified atom stereocenters. The molecule has 2 aromatic rings. The van der Waals surface area contributed by atoms with Crippen LogP contribution in [0.15, 0.2) is 24.3 Å². The van der Waals surface area contributed by atoms with E-state index in [0.717, 1.165) is 18.7 Å². The van der Waals surface area contributed by atoms with Crippen LogP contribution in [-0.2, 0) is 11.3 Å². The van der Waals surface area contributed by atoms with Crippen molar-refractivity contribution in [2.24, 2.45) is 0 Å². The first-order valence-corrected chi connectivity index (χ1v) is 9.68. The van der Waals surface area contributed by atoms with E-state index in [1.807, 2.05) is 31.2 Å². The number of H-pyrrole nitrogens is 1. The number of carbonyl (C=O) groups is 1. The number of benzene rings is 1. The Kier molecular flexibility index (Phi) is 6.21. The van der Waals surface area contributed by atoms with Gasteiger partial charge in [0.15, 0.2) is 10.6 Å². The molecular formula is C19H27N5OS. The molecule has 1 saturated heterocycles. The summed E-state index contributed by atoms with van der Waals surface area (Å²) in [5.41, 5.74) is 2.12. The lowest BCUT2D eigenvalue weighted by molar-refractivity contribution is -0.121. The van der Waals surface area contributed by atoms with Crippen LogP contribution in [-0.4, -0.2) is 51.2 Å². The van der Waals surface area contributed by atoms with Gasteiger partial charge in [-0.05, 0) is 45.5 Å². The second kappa shape index (κ2) is 8.60. The SMILES string of the molecule is Cc1ccc(-c2n[nH]c(=S)n2CC(=O)NCCN2CCCCC2C)cc1. The van der Waals surface area contributed by atoms with Gasteiger partial charge in [-0.15, -0.1) is 0 Å². The highest BCUT2D eigenvalue weighted by Crippen LogP contribution is 2.18. The first-order valence-electron chi connectivity index (χ1n) is 9.27.